The van der Waals surface area contributed by atoms with Crippen molar-refractivity contribution in [2.75, 3.05) is 25.0 Å². The molecule has 0 spiro atoms. The lowest BCUT2D eigenvalue weighted by Gasteiger charge is -2.19. The minimum Gasteiger partial charge on any atom is -0.343 e. The number of likely N-dealkylation sites (tertiary alicyclic amines) is 1. The summed E-state index contributed by atoms with van der Waals surface area (Å²) in [4.78, 5) is 11.3. The largest absolute Gasteiger partial charge is 0.343 e. The highest BCUT2D eigenvalue weighted by atomic mass is 15.2. The van der Waals surface area contributed by atoms with Gasteiger partial charge in [0.2, 0.25) is 0 Å². The maximum absolute atomic E-state index is 4.55. The number of anilines is 1. The number of hydrogen-bond donors (Lipinski definition) is 1. The van der Waals surface area contributed by atoms with Gasteiger partial charge >= 0.3 is 0 Å². The summed E-state index contributed by atoms with van der Waals surface area (Å²) in [6, 6.07) is 8.52. The lowest BCUT2D eigenvalue weighted by Crippen LogP contribution is -2.27. The van der Waals surface area contributed by atoms with Crippen LogP contribution in [0.4, 0.5) is 5.82 Å². The highest BCUT2D eigenvalue weighted by molar-refractivity contribution is 5.88. The number of pyridine rings is 1. The summed E-state index contributed by atoms with van der Waals surface area (Å²) in [5.41, 5.74) is 3.28. The van der Waals surface area contributed by atoms with E-state index < -0.39 is 0 Å². The standard InChI is InChI=1S/C21H23N5/c1-14(10-26-11-18-6-19(18)12-26)24-21-7-17-5-15(3-4-16(17)8-23-21)20-9-22-13-25(20)2/h3-5,7-9,13,18-19H,1,6,10-12H2,2H3,(H,23,24). The molecule has 1 saturated carbocycles. The van der Waals surface area contributed by atoms with Gasteiger partial charge in [0.15, 0.2) is 0 Å². The topological polar surface area (TPSA) is 46.0 Å². The zero-order valence-electron chi connectivity index (χ0n) is 15.0. The van der Waals surface area contributed by atoms with Crippen LogP contribution in [0.3, 0.4) is 0 Å². The van der Waals surface area contributed by atoms with Crippen molar-refractivity contribution in [2.45, 2.75) is 6.42 Å². The first kappa shape index (κ1) is 15.6. The molecule has 3 heterocycles. The average molecular weight is 345 g/mol. The number of piperidine rings is 1. The number of rotatable bonds is 5. The first-order chi connectivity index (χ1) is 12.7. The predicted molar refractivity (Wildman–Crippen MR) is 105 cm³/mol. The Morgan fingerprint density at radius 2 is 2.04 bits per heavy atom. The van der Waals surface area contributed by atoms with Crippen LogP contribution in [0.5, 0.6) is 0 Å². The van der Waals surface area contributed by atoms with E-state index in [-0.39, 0.29) is 0 Å². The molecule has 1 saturated heterocycles. The van der Waals surface area contributed by atoms with E-state index in [2.05, 4.69) is 51.0 Å². The molecule has 0 bridgehead atoms. The van der Waals surface area contributed by atoms with Crippen molar-refractivity contribution in [1.82, 2.24) is 19.4 Å². The van der Waals surface area contributed by atoms with Crippen LogP contribution >= 0.6 is 0 Å². The fraction of sp³-hybridized carbons (Fsp3) is 0.333. The highest BCUT2D eigenvalue weighted by Gasteiger charge is 2.44. The van der Waals surface area contributed by atoms with Crippen LogP contribution in [-0.4, -0.2) is 39.1 Å². The lowest BCUT2D eigenvalue weighted by molar-refractivity contribution is 0.331. The summed E-state index contributed by atoms with van der Waals surface area (Å²) in [5.74, 6) is 2.76. The highest BCUT2D eigenvalue weighted by Crippen LogP contribution is 2.44. The van der Waals surface area contributed by atoms with Crippen LogP contribution < -0.4 is 5.32 Å². The van der Waals surface area contributed by atoms with Gasteiger partial charge in [-0.3, -0.25) is 4.90 Å². The maximum Gasteiger partial charge on any atom is 0.130 e. The fourth-order valence-corrected chi connectivity index (χ4v) is 4.12. The molecule has 1 aromatic carbocycles. The van der Waals surface area contributed by atoms with Crippen molar-refractivity contribution in [3.63, 3.8) is 0 Å². The van der Waals surface area contributed by atoms with E-state index in [1.54, 1.807) is 0 Å². The number of imidazole rings is 1. The number of hydrogen-bond acceptors (Lipinski definition) is 4. The molecule has 0 amide bonds. The van der Waals surface area contributed by atoms with Crippen LogP contribution in [0, 0.1) is 11.8 Å². The van der Waals surface area contributed by atoms with Crippen molar-refractivity contribution in [2.24, 2.45) is 18.9 Å². The molecular formula is C21H23N5. The van der Waals surface area contributed by atoms with Gasteiger partial charge in [0.25, 0.3) is 0 Å². The summed E-state index contributed by atoms with van der Waals surface area (Å²) in [6.45, 7) is 7.56. The number of nitrogens with zero attached hydrogens (tertiary/aromatic N) is 4. The Balaban J connectivity index is 1.34. The molecule has 1 aliphatic carbocycles. The minimum absolute atomic E-state index is 0.856. The normalized spacial score (nSPS) is 21.7. The Morgan fingerprint density at radius 3 is 2.81 bits per heavy atom. The van der Waals surface area contributed by atoms with Gasteiger partial charge in [0.05, 0.1) is 18.2 Å². The van der Waals surface area contributed by atoms with Crippen LogP contribution in [-0.2, 0) is 7.05 Å². The van der Waals surface area contributed by atoms with Crippen molar-refractivity contribution in [3.8, 4) is 11.3 Å². The Morgan fingerprint density at radius 1 is 1.19 bits per heavy atom. The van der Waals surface area contributed by atoms with Crippen molar-refractivity contribution in [1.29, 1.82) is 0 Å². The first-order valence-electron chi connectivity index (χ1n) is 9.19. The molecular weight excluding hydrogens is 322 g/mol. The smallest absolute Gasteiger partial charge is 0.130 e. The van der Waals surface area contributed by atoms with Gasteiger partial charge < -0.3 is 9.88 Å². The number of aryl methyl sites for hydroxylation is 1. The van der Waals surface area contributed by atoms with E-state index >= 15 is 0 Å². The molecule has 1 N–H and O–H groups in total. The third-order valence-corrected chi connectivity index (χ3v) is 5.61. The Bertz CT molecular complexity index is 979. The Hall–Kier alpha value is -2.66. The monoisotopic (exact) mass is 345 g/mol. The van der Waals surface area contributed by atoms with Gasteiger partial charge in [-0.25, -0.2) is 9.97 Å². The second-order valence-corrected chi connectivity index (χ2v) is 7.70. The molecule has 3 aromatic rings. The summed E-state index contributed by atoms with van der Waals surface area (Å²) >= 11 is 0. The second-order valence-electron chi connectivity index (χ2n) is 7.70. The molecule has 5 nitrogen and oxygen atoms in total. The first-order valence-corrected chi connectivity index (χ1v) is 9.19. The molecule has 132 valence electrons. The minimum atomic E-state index is 0.856. The van der Waals surface area contributed by atoms with E-state index in [9.17, 15) is 0 Å². The van der Waals surface area contributed by atoms with E-state index in [0.29, 0.717) is 0 Å². The van der Waals surface area contributed by atoms with Gasteiger partial charge in [-0.15, -0.1) is 0 Å². The van der Waals surface area contributed by atoms with Gasteiger partial charge in [0.1, 0.15) is 5.82 Å². The van der Waals surface area contributed by atoms with Crippen molar-refractivity contribution in [3.05, 3.63) is 55.3 Å². The van der Waals surface area contributed by atoms with Crippen LogP contribution in [0.2, 0.25) is 0 Å². The molecule has 1 aliphatic heterocycles. The summed E-state index contributed by atoms with van der Waals surface area (Å²) in [6.07, 6.45) is 7.07. The zero-order chi connectivity index (χ0) is 17.7. The quantitative estimate of drug-likeness (QED) is 0.769. The number of aromatic nitrogens is 3. The Kier molecular flexibility index (Phi) is 3.57. The van der Waals surface area contributed by atoms with E-state index in [1.165, 1.54) is 19.5 Å². The van der Waals surface area contributed by atoms with Crippen LogP contribution in [0.1, 0.15) is 6.42 Å². The van der Waals surface area contributed by atoms with E-state index in [1.807, 2.05) is 30.3 Å². The molecule has 2 atom stereocenters. The maximum atomic E-state index is 4.55. The number of nitrogens with one attached hydrogen (secondary N) is 1. The molecule has 2 aromatic heterocycles. The SMILES string of the molecule is C=C(CN1CC2CC2C1)Nc1cc2cc(-c3cncn3C)ccc2cn1. The molecule has 5 rings (SSSR count). The summed E-state index contributed by atoms with van der Waals surface area (Å²) < 4.78 is 2.03. The van der Waals surface area contributed by atoms with Crippen LogP contribution in [0.15, 0.2) is 55.3 Å². The summed E-state index contributed by atoms with van der Waals surface area (Å²) in [5, 5.41) is 5.69. The molecule has 5 heteroatoms. The lowest BCUT2D eigenvalue weighted by atomic mass is 10.1. The van der Waals surface area contributed by atoms with E-state index in [0.717, 1.165) is 51.9 Å². The van der Waals surface area contributed by atoms with E-state index in [4.69, 9.17) is 0 Å². The summed E-state index contributed by atoms with van der Waals surface area (Å²) in [7, 11) is 2.01. The average Bonchev–Trinajstić information content (AvgIpc) is 3.01. The van der Waals surface area contributed by atoms with Crippen molar-refractivity contribution < 1.29 is 0 Å². The number of benzene rings is 1. The van der Waals surface area contributed by atoms with Gasteiger partial charge in [0, 0.05) is 49.5 Å². The third-order valence-electron chi connectivity index (χ3n) is 5.61. The second kappa shape index (κ2) is 5.95. The zero-order valence-corrected chi connectivity index (χ0v) is 15.0. The molecule has 2 fully saturated rings. The van der Waals surface area contributed by atoms with Gasteiger partial charge in [-0.2, -0.15) is 0 Å². The van der Waals surface area contributed by atoms with Gasteiger partial charge in [-0.1, -0.05) is 18.7 Å². The van der Waals surface area contributed by atoms with Gasteiger partial charge in [-0.05, 0) is 35.8 Å². The number of fused-ring (bicyclic) bond motifs is 2. The molecule has 2 aliphatic rings. The molecule has 2 unspecified atom stereocenters. The fourth-order valence-electron chi connectivity index (χ4n) is 4.12. The van der Waals surface area contributed by atoms with Crippen molar-refractivity contribution >= 4 is 16.6 Å². The predicted octanol–water partition coefficient (Wildman–Crippen LogP) is 3.51. The molecule has 26 heavy (non-hydrogen) atoms. The van der Waals surface area contributed by atoms with Crippen LogP contribution in [0.25, 0.3) is 22.0 Å². The third kappa shape index (κ3) is 2.88. The Labute approximate surface area is 153 Å². The molecule has 0 radical (unpaired) electrons.